The fourth-order valence-corrected chi connectivity index (χ4v) is 4.56. The minimum absolute atomic E-state index is 0.691. The van der Waals surface area contributed by atoms with Crippen molar-refractivity contribution in [2.45, 2.75) is 0 Å². The molecule has 0 bridgehead atoms. The Morgan fingerprint density at radius 3 is 1.06 bits per heavy atom. The molecule has 1 saturated heterocycles. The molecule has 0 amide bonds. The molecule has 1 fully saturated rings. The Kier molecular flexibility index (Phi) is 5.24. The molecule has 6 nitrogen and oxygen atoms in total. The van der Waals surface area contributed by atoms with E-state index in [0.717, 1.165) is 49.1 Å². The Morgan fingerprint density at radius 1 is 0.417 bits per heavy atom. The van der Waals surface area contributed by atoms with Gasteiger partial charge in [-0.25, -0.2) is 0 Å². The predicted octanol–water partition coefficient (Wildman–Crippen LogP) is 2.88. The van der Waals surface area contributed by atoms with Gasteiger partial charge in [0.05, 0.1) is 16.6 Å². The summed E-state index contributed by atoms with van der Waals surface area (Å²) in [4.78, 5) is 13.8. The molecule has 0 unspecified atom stereocenters. The Morgan fingerprint density at radius 2 is 0.722 bits per heavy atom. The monoisotopic (exact) mass is 465 g/mol. The molecule has 9 heteroatoms. The number of benzene rings is 3. The second kappa shape index (κ2) is 8.88. The van der Waals surface area contributed by atoms with Crippen molar-refractivity contribution >= 4 is 70.5 Å². The second-order valence-corrected chi connectivity index (χ2v) is 8.79. The number of fused-ring (bicyclic) bond motifs is 3. The molecule has 0 saturated carbocycles. The highest BCUT2D eigenvalue weighted by Crippen LogP contribution is 2.16. The van der Waals surface area contributed by atoms with E-state index in [-0.39, 0.29) is 0 Å². The van der Waals surface area contributed by atoms with Crippen molar-refractivity contribution in [3.05, 3.63) is 110 Å². The molecule has 0 atom stereocenters. The molecular weight excluding hydrogens is 447 g/mol. The molecule has 1 aliphatic rings. The number of aromatic nitrogens is 3. The molecule has 3 aromatic heterocycles. The van der Waals surface area contributed by atoms with E-state index < -0.39 is 21.4 Å². The average molecular weight is 465 g/mol. The third-order valence-corrected chi connectivity index (χ3v) is 6.39. The van der Waals surface area contributed by atoms with Gasteiger partial charge < -0.3 is 13.7 Å². The van der Waals surface area contributed by atoms with Gasteiger partial charge in [-0.15, -0.1) is 0 Å². The zero-order valence-corrected chi connectivity index (χ0v) is 19.2. The maximum atomic E-state index is 6.35. The van der Waals surface area contributed by atoms with Gasteiger partial charge in [0, 0.05) is 18.6 Å². The number of nitrogens with zero attached hydrogens (tertiary/aromatic N) is 3. The molecular formula is C27H18B3N3O3. The first-order valence-corrected chi connectivity index (χ1v) is 11.8. The Labute approximate surface area is 208 Å². The molecule has 4 heterocycles. The summed E-state index contributed by atoms with van der Waals surface area (Å²) in [6.45, 7) is 0. The van der Waals surface area contributed by atoms with Crippen molar-refractivity contribution in [2.75, 3.05) is 0 Å². The van der Waals surface area contributed by atoms with Crippen LogP contribution in [0.5, 0.6) is 0 Å². The summed E-state index contributed by atoms with van der Waals surface area (Å²) in [6.07, 6.45) is 5.39. The second-order valence-electron chi connectivity index (χ2n) is 8.79. The van der Waals surface area contributed by atoms with Crippen molar-refractivity contribution in [3.63, 3.8) is 0 Å². The minimum atomic E-state index is -0.691. The first kappa shape index (κ1) is 21.3. The Bertz CT molecular complexity index is 1530. The van der Waals surface area contributed by atoms with Crippen LogP contribution >= 0.6 is 0 Å². The van der Waals surface area contributed by atoms with Crippen LogP contribution in [0.1, 0.15) is 0 Å². The van der Waals surface area contributed by atoms with Gasteiger partial charge >= 0.3 is 21.4 Å². The van der Waals surface area contributed by atoms with Gasteiger partial charge in [-0.1, -0.05) is 72.8 Å². The van der Waals surface area contributed by atoms with Crippen LogP contribution in [0.3, 0.4) is 0 Å². The lowest BCUT2D eigenvalue weighted by molar-refractivity contribution is 0.308. The van der Waals surface area contributed by atoms with Crippen LogP contribution in [0, 0.1) is 0 Å². The third-order valence-electron chi connectivity index (χ3n) is 6.39. The lowest BCUT2D eigenvalue weighted by atomic mass is 9.62. The van der Waals surface area contributed by atoms with Gasteiger partial charge in [0.15, 0.2) is 0 Å². The lowest BCUT2D eigenvalue weighted by Gasteiger charge is -2.31. The number of pyridine rings is 3. The largest absolute Gasteiger partial charge is 0.468 e. The smallest absolute Gasteiger partial charge is 0.444 e. The van der Waals surface area contributed by atoms with Crippen molar-refractivity contribution in [1.29, 1.82) is 0 Å². The SMILES string of the molecule is c1ccc2ncc(B3OB(c4cnc5ccccc5c4)OB(c4cnc5ccccc5c4)O3)cc2c1. The van der Waals surface area contributed by atoms with Crippen LogP contribution in [0.4, 0.5) is 0 Å². The fourth-order valence-electron chi connectivity index (χ4n) is 4.56. The molecule has 0 spiro atoms. The van der Waals surface area contributed by atoms with Crippen molar-refractivity contribution in [1.82, 2.24) is 15.0 Å². The normalized spacial score (nSPS) is 14.2. The molecule has 36 heavy (non-hydrogen) atoms. The average Bonchev–Trinajstić information content (AvgIpc) is 2.96. The van der Waals surface area contributed by atoms with Gasteiger partial charge in [0.2, 0.25) is 0 Å². The topological polar surface area (TPSA) is 66.4 Å². The first-order chi connectivity index (χ1) is 17.8. The van der Waals surface area contributed by atoms with E-state index >= 15 is 0 Å². The van der Waals surface area contributed by atoms with Gasteiger partial charge in [-0.2, -0.15) is 0 Å². The van der Waals surface area contributed by atoms with Crippen LogP contribution in [-0.2, 0) is 13.7 Å². The van der Waals surface area contributed by atoms with Crippen molar-refractivity contribution in [3.8, 4) is 0 Å². The van der Waals surface area contributed by atoms with Gasteiger partial charge in [-0.3, -0.25) is 15.0 Å². The van der Waals surface area contributed by atoms with E-state index in [9.17, 15) is 0 Å². The Hall–Kier alpha value is -4.04. The maximum absolute atomic E-state index is 6.35. The van der Waals surface area contributed by atoms with E-state index in [0.29, 0.717) is 0 Å². The number of rotatable bonds is 3. The standard InChI is InChI=1S/C27H18B3N3O3/c1-4-10-25-19(7-1)13-22(16-31-25)28-34-29(23-14-20-8-2-5-11-26(20)32-17-23)36-30(35-28)24-15-21-9-3-6-12-27(21)33-18-24/h1-18H. The number of hydrogen-bond acceptors (Lipinski definition) is 6. The van der Waals surface area contributed by atoms with E-state index in [1.807, 2.05) is 91.0 Å². The van der Waals surface area contributed by atoms with Crippen molar-refractivity contribution in [2.24, 2.45) is 0 Å². The van der Waals surface area contributed by atoms with E-state index in [2.05, 4.69) is 15.0 Å². The van der Waals surface area contributed by atoms with Crippen LogP contribution in [0.2, 0.25) is 0 Å². The van der Waals surface area contributed by atoms with Gasteiger partial charge in [0.25, 0.3) is 0 Å². The van der Waals surface area contributed by atoms with Crippen molar-refractivity contribution < 1.29 is 13.7 Å². The summed E-state index contributed by atoms with van der Waals surface area (Å²) in [7, 11) is -2.07. The predicted molar refractivity (Wildman–Crippen MR) is 145 cm³/mol. The lowest BCUT2D eigenvalue weighted by Crippen LogP contribution is -2.61. The molecule has 6 aromatic rings. The van der Waals surface area contributed by atoms with Crippen LogP contribution in [0.15, 0.2) is 110 Å². The molecule has 168 valence electrons. The van der Waals surface area contributed by atoms with E-state index in [4.69, 9.17) is 13.7 Å². The molecule has 0 N–H and O–H groups in total. The number of hydrogen-bond donors (Lipinski definition) is 0. The highest BCUT2D eigenvalue weighted by molar-refractivity contribution is 6.87. The van der Waals surface area contributed by atoms with Crippen LogP contribution in [-0.4, -0.2) is 36.3 Å². The summed E-state index contributed by atoms with van der Waals surface area (Å²) in [5.41, 5.74) is 5.19. The molecule has 0 radical (unpaired) electrons. The van der Waals surface area contributed by atoms with E-state index in [1.54, 1.807) is 18.6 Å². The Balaban J connectivity index is 1.30. The van der Waals surface area contributed by atoms with Crippen LogP contribution in [0.25, 0.3) is 32.7 Å². The van der Waals surface area contributed by atoms with Crippen LogP contribution < -0.4 is 16.4 Å². The molecule has 1 aliphatic heterocycles. The fraction of sp³-hybridized carbons (Fsp3) is 0. The number of para-hydroxylation sites is 3. The zero-order valence-electron chi connectivity index (χ0n) is 19.2. The maximum Gasteiger partial charge on any atom is 0.468 e. The summed E-state index contributed by atoms with van der Waals surface area (Å²) in [5, 5.41) is 3.05. The molecule has 3 aromatic carbocycles. The highest BCUT2D eigenvalue weighted by Gasteiger charge is 2.44. The summed E-state index contributed by atoms with van der Waals surface area (Å²) >= 11 is 0. The molecule has 7 rings (SSSR count). The zero-order chi connectivity index (χ0) is 23.9. The summed E-state index contributed by atoms with van der Waals surface area (Å²) in [6, 6.07) is 30.1. The first-order valence-electron chi connectivity index (χ1n) is 11.8. The van der Waals surface area contributed by atoms with E-state index in [1.165, 1.54) is 0 Å². The molecule has 0 aliphatic carbocycles. The summed E-state index contributed by atoms with van der Waals surface area (Å²) < 4.78 is 19.1. The van der Waals surface area contributed by atoms with Gasteiger partial charge in [-0.05, 0) is 50.7 Å². The quantitative estimate of drug-likeness (QED) is 0.375. The highest BCUT2D eigenvalue weighted by atomic mass is 16.7. The summed E-state index contributed by atoms with van der Waals surface area (Å²) in [5.74, 6) is 0. The van der Waals surface area contributed by atoms with Gasteiger partial charge in [0.1, 0.15) is 0 Å². The minimum Gasteiger partial charge on any atom is -0.444 e. The third kappa shape index (κ3) is 3.93.